The van der Waals surface area contributed by atoms with Crippen LogP contribution in [0.2, 0.25) is 0 Å². The molecule has 1 aromatic carbocycles. The van der Waals surface area contributed by atoms with E-state index in [4.69, 9.17) is 0 Å². The van der Waals surface area contributed by atoms with Gasteiger partial charge >= 0.3 is 0 Å². The third-order valence-corrected chi connectivity index (χ3v) is 4.44. The number of hydrogen-bond donors (Lipinski definition) is 0. The molecule has 2 rings (SSSR count). The van der Waals surface area contributed by atoms with E-state index in [1.165, 1.54) is 13.0 Å². The SMILES string of the molecule is CC(=O)c1cc(F)c(N2CCN(C)CC2)cc1N(C)C(C)C. The molecule has 5 heteroatoms. The molecule has 4 nitrogen and oxygen atoms in total. The molecule has 1 aliphatic heterocycles. The largest absolute Gasteiger partial charge is 0.372 e. The van der Waals surface area contributed by atoms with E-state index in [1.807, 2.05) is 18.0 Å². The van der Waals surface area contributed by atoms with E-state index in [9.17, 15) is 9.18 Å². The van der Waals surface area contributed by atoms with Gasteiger partial charge in [-0.3, -0.25) is 4.79 Å². The molecule has 22 heavy (non-hydrogen) atoms. The number of anilines is 2. The summed E-state index contributed by atoms with van der Waals surface area (Å²) in [5, 5.41) is 0. The standard InChI is InChI=1S/C17H26FN3O/c1-12(2)20(5)16-11-17(15(18)10-14(16)13(3)22)21-8-6-19(4)7-9-21/h10-12H,6-9H2,1-5H3. The molecule has 0 bridgehead atoms. The van der Waals surface area contributed by atoms with Gasteiger partial charge in [-0.25, -0.2) is 4.39 Å². The molecule has 1 heterocycles. The first-order valence-corrected chi connectivity index (χ1v) is 7.82. The number of ketones is 1. The molecule has 0 saturated carbocycles. The predicted molar refractivity (Wildman–Crippen MR) is 89.7 cm³/mol. The van der Waals surface area contributed by atoms with Gasteiger partial charge in [0.15, 0.2) is 5.78 Å². The normalized spacial score (nSPS) is 16.2. The quantitative estimate of drug-likeness (QED) is 0.799. The zero-order valence-corrected chi connectivity index (χ0v) is 14.2. The fourth-order valence-corrected chi connectivity index (χ4v) is 2.69. The van der Waals surface area contributed by atoms with Crippen LogP contribution in [0.5, 0.6) is 0 Å². The Balaban J connectivity index is 2.43. The fraction of sp³-hybridized carbons (Fsp3) is 0.588. The minimum atomic E-state index is -0.310. The molecule has 0 amide bonds. The van der Waals surface area contributed by atoms with Gasteiger partial charge in [0, 0.05) is 50.5 Å². The lowest BCUT2D eigenvalue weighted by Gasteiger charge is -2.35. The minimum absolute atomic E-state index is 0.105. The molecule has 0 unspecified atom stereocenters. The molecule has 122 valence electrons. The number of benzene rings is 1. The molecule has 1 fully saturated rings. The van der Waals surface area contributed by atoms with E-state index in [0.717, 1.165) is 31.9 Å². The van der Waals surface area contributed by atoms with Crippen molar-refractivity contribution in [2.75, 3.05) is 50.1 Å². The van der Waals surface area contributed by atoms with Crippen LogP contribution in [0.15, 0.2) is 12.1 Å². The topological polar surface area (TPSA) is 26.8 Å². The van der Waals surface area contributed by atoms with Crippen molar-refractivity contribution in [1.82, 2.24) is 4.90 Å². The second kappa shape index (κ2) is 6.65. The zero-order chi connectivity index (χ0) is 16.4. The number of halogens is 1. The number of hydrogen-bond acceptors (Lipinski definition) is 4. The zero-order valence-electron chi connectivity index (χ0n) is 14.2. The summed E-state index contributed by atoms with van der Waals surface area (Å²) in [6.07, 6.45) is 0. The van der Waals surface area contributed by atoms with Crippen molar-refractivity contribution in [3.8, 4) is 0 Å². The van der Waals surface area contributed by atoms with Crippen LogP contribution in [0.4, 0.5) is 15.8 Å². The summed E-state index contributed by atoms with van der Waals surface area (Å²) in [5.41, 5.74) is 1.85. The van der Waals surface area contributed by atoms with Crippen molar-refractivity contribution in [2.45, 2.75) is 26.8 Å². The first-order chi connectivity index (χ1) is 10.3. The molecular formula is C17H26FN3O. The Hall–Kier alpha value is -1.62. The van der Waals surface area contributed by atoms with Crippen molar-refractivity contribution in [2.24, 2.45) is 0 Å². The van der Waals surface area contributed by atoms with Gasteiger partial charge in [-0.15, -0.1) is 0 Å². The number of nitrogens with zero attached hydrogens (tertiary/aromatic N) is 3. The van der Waals surface area contributed by atoms with E-state index in [0.29, 0.717) is 11.3 Å². The van der Waals surface area contributed by atoms with E-state index in [1.54, 1.807) is 0 Å². The number of carbonyl (C=O) groups is 1. The third-order valence-electron chi connectivity index (χ3n) is 4.44. The van der Waals surface area contributed by atoms with Crippen molar-refractivity contribution < 1.29 is 9.18 Å². The number of Topliss-reactive ketones (excluding diaryl/α,β-unsaturated/α-hetero) is 1. The van der Waals surface area contributed by atoms with Crippen molar-refractivity contribution in [3.63, 3.8) is 0 Å². The predicted octanol–water partition coefficient (Wildman–Crippen LogP) is 2.62. The molecule has 0 aromatic heterocycles. The summed E-state index contributed by atoms with van der Waals surface area (Å²) in [7, 11) is 4.02. The molecule has 0 atom stereocenters. The first kappa shape index (κ1) is 16.7. The molecule has 1 aliphatic rings. The van der Waals surface area contributed by atoms with Gasteiger partial charge in [0.05, 0.1) is 5.69 Å². The summed E-state index contributed by atoms with van der Waals surface area (Å²) < 4.78 is 14.5. The van der Waals surface area contributed by atoms with Gasteiger partial charge in [-0.1, -0.05) is 0 Å². The fourth-order valence-electron chi connectivity index (χ4n) is 2.69. The lowest BCUT2D eigenvalue weighted by atomic mass is 10.1. The van der Waals surface area contributed by atoms with Crippen molar-refractivity contribution in [3.05, 3.63) is 23.5 Å². The summed E-state index contributed by atoms with van der Waals surface area (Å²) in [5.74, 6) is -0.415. The Morgan fingerprint density at radius 1 is 1.23 bits per heavy atom. The van der Waals surface area contributed by atoms with E-state index < -0.39 is 0 Å². The number of carbonyl (C=O) groups excluding carboxylic acids is 1. The molecule has 0 N–H and O–H groups in total. The van der Waals surface area contributed by atoms with Crippen LogP contribution in [-0.2, 0) is 0 Å². The monoisotopic (exact) mass is 307 g/mol. The Bertz CT molecular complexity index is 551. The second-order valence-corrected chi connectivity index (χ2v) is 6.37. The molecule has 1 saturated heterocycles. The van der Waals surface area contributed by atoms with Gasteiger partial charge in [0.2, 0.25) is 0 Å². The average Bonchev–Trinajstić information content (AvgIpc) is 2.47. The summed E-state index contributed by atoms with van der Waals surface area (Å²) in [6.45, 7) is 9.05. The van der Waals surface area contributed by atoms with Gasteiger partial charge in [-0.2, -0.15) is 0 Å². The maximum Gasteiger partial charge on any atom is 0.161 e. The van der Waals surface area contributed by atoms with Crippen LogP contribution in [-0.4, -0.2) is 57.0 Å². The van der Waals surface area contributed by atoms with Gasteiger partial charge in [0.25, 0.3) is 0 Å². The molecular weight excluding hydrogens is 281 g/mol. The summed E-state index contributed by atoms with van der Waals surface area (Å²) in [6, 6.07) is 3.46. The van der Waals surface area contributed by atoms with Crippen LogP contribution in [0.3, 0.4) is 0 Å². The minimum Gasteiger partial charge on any atom is -0.372 e. The Labute approximate surface area is 132 Å². The maximum atomic E-state index is 14.5. The highest BCUT2D eigenvalue weighted by Gasteiger charge is 2.22. The first-order valence-electron chi connectivity index (χ1n) is 7.82. The lowest BCUT2D eigenvalue weighted by molar-refractivity contribution is 0.101. The molecule has 0 aliphatic carbocycles. The average molecular weight is 307 g/mol. The van der Waals surface area contributed by atoms with E-state index in [-0.39, 0.29) is 17.6 Å². The smallest absolute Gasteiger partial charge is 0.161 e. The highest BCUT2D eigenvalue weighted by atomic mass is 19.1. The van der Waals surface area contributed by atoms with E-state index in [2.05, 4.69) is 30.7 Å². The lowest BCUT2D eigenvalue weighted by Crippen LogP contribution is -2.45. The Morgan fingerprint density at radius 3 is 2.32 bits per heavy atom. The second-order valence-electron chi connectivity index (χ2n) is 6.37. The van der Waals surface area contributed by atoms with Crippen LogP contribution in [0.1, 0.15) is 31.1 Å². The van der Waals surface area contributed by atoms with Crippen LogP contribution in [0, 0.1) is 5.82 Å². The van der Waals surface area contributed by atoms with Crippen LogP contribution >= 0.6 is 0 Å². The van der Waals surface area contributed by atoms with Crippen molar-refractivity contribution >= 4 is 17.2 Å². The maximum absolute atomic E-state index is 14.5. The number of likely N-dealkylation sites (N-methyl/N-ethyl adjacent to an activating group) is 1. The Kier molecular flexibility index (Phi) is 5.06. The highest BCUT2D eigenvalue weighted by Crippen LogP contribution is 2.31. The van der Waals surface area contributed by atoms with E-state index >= 15 is 0 Å². The number of piperazine rings is 1. The van der Waals surface area contributed by atoms with Crippen LogP contribution < -0.4 is 9.80 Å². The summed E-state index contributed by atoms with van der Waals surface area (Å²) in [4.78, 5) is 18.2. The Morgan fingerprint density at radius 2 is 1.82 bits per heavy atom. The summed E-state index contributed by atoms with van der Waals surface area (Å²) >= 11 is 0. The molecule has 0 spiro atoms. The molecule has 0 radical (unpaired) electrons. The molecule has 1 aromatic rings. The van der Waals surface area contributed by atoms with Crippen LogP contribution in [0.25, 0.3) is 0 Å². The van der Waals surface area contributed by atoms with Crippen molar-refractivity contribution in [1.29, 1.82) is 0 Å². The highest BCUT2D eigenvalue weighted by molar-refractivity contribution is 6.00. The third kappa shape index (κ3) is 3.40. The van der Waals surface area contributed by atoms with Gasteiger partial charge < -0.3 is 14.7 Å². The van der Waals surface area contributed by atoms with Gasteiger partial charge in [0.1, 0.15) is 5.82 Å². The number of rotatable bonds is 4. The van der Waals surface area contributed by atoms with Gasteiger partial charge in [-0.05, 0) is 40.0 Å².